The normalized spacial score (nSPS) is 11.6. The zero-order valence-corrected chi connectivity index (χ0v) is 32.4. The van der Waals surface area contributed by atoms with Crippen molar-refractivity contribution in [1.82, 2.24) is 4.57 Å². The highest BCUT2D eigenvalue weighted by atomic mass is 15.1. The summed E-state index contributed by atoms with van der Waals surface area (Å²) in [7, 11) is 0. The lowest BCUT2D eigenvalue weighted by Gasteiger charge is -2.07. The predicted octanol–water partition coefficient (Wildman–Crippen LogP) is 15.0. The lowest BCUT2D eigenvalue weighted by molar-refractivity contribution is -0.704. The summed E-state index contributed by atoms with van der Waals surface area (Å²) in [5, 5.41) is 0. The van der Waals surface area contributed by atoms with Gasteiger partial charge in [0.05, 0.1) is 13.1 Å². The Labute approximate surface area is 291 Å². The first kappa shape index (κ1) is 43.2. The van der Waals surface area contributed by atoms with Gasteiger partial charge in [-0.15, -0.1) is 0 Å². The molecular weight excluding hydrogens is 556 g/mol. The zero-order valence-electron chi connectivity index (χ0n) is 32.4. The topological polar surface area (TPSA) is 8.81 Å². The van der Waals surface area contributed by atoms with Crippen molar-refractivity contribution < 1.29 is 4.57 Å². The standard InChI is InChI=1S/C44H87N2/c1-4-7-10-13-16-19-21-22-23-24-25-27-29-32-35-38-41-46-43-42-45(44(46)39-36-33-30-18-15-12-9-6-3)40-37-34-31-28-26-20-17-14-11-8-5-2/h42-43H,4-41H2,1-3H3/q+1. The number of hydrogen-bond acceptors (Lipinski definition) is 0. The molecule has 1 aromatic heterocycles. The summed E-state index contributed by atoms with van der Waals surface area (Å²) in [5.41, 5.74) is 0. The van der Waals surface area contributed by atoms with E-state index in [1.165, 1.54) is 244 Å². The fraction of sp³-hybridized carbons (Fsp3) is 0.932. The largest absolute Gasteiger partial charge is 0.256 e. The SMILES string of the molecule is CCCCCCCCCCCCCCCCCCn1cc[n+](CCCCCCCCCCCCC)c1CCCCCCCCCC. The van der Waals surface area contributed by atoms with Crippen LogP contribution in [0, 0.1) is 0 Å². The van der Waals surface area contributed by atoms with E-state index >= 15 is 0 Å². The third kappa shape index (κ3) is 27.2. The van der Waals surface area contributed by atoms with Gasteiger partial charge >= 0.3 is 0 Å². The van der Waals surface area contributed by atoms with E-state index in [0.717, 1.165) is 0 Å². The van der Waals surface area contributed by atoms with Crippen molar-refractivity contribution in [1.29, 1.82) is 0 Å². The predicted molar refractivity (Wildman–Crippen MR) is 207 cm³/mol. The Morgan fingerprint density at radius 3 is 1.04 bits per heavy atom. The van der Waals surface area contributed by atoms with Crippen LogP contribution in [-0.4, -0.2) is 4.57 Å². The van der Waals surface area contributed by atoms with Gasteiger partial charge in [-0.25, -0.2) is 9.13 Å². The van der Waals surface area contributed by atoms with Crippen LogP contribution < -0.4 is 4.57 Å². The highest BCUT2D eigenvalue weighted by molar-refractivity contribution is 4.84. The van der Waals surface area contributed by atoms with Crippen molar-refractivity contribution in [2.24, 2.45) is 0 Å². The van der Waals surface area contributed by atoms with Gasteiger partial charge in [-0.2, -0.15) is 0 Å². The van der Waals surface area contributed by atoms with Crippen molar-refractivity contribution >= 4 is 0 Å². The smallest absolute Gasteiger partial charge is 0.234 e. The van der Waals surface area contributed by atoms with Crippen molar-refractivity contribution in [2.75, 3.05) is 0 Å². The third-order valence-corrected chi connectivity index (χ3v) is 10.6. The fourth-order valence-corrected chi connectivity index (χ4v) is 7.39. The quantitative estimate of drug-likeness (QED) is 0.0501. The summed E-state index contributed by atoms with van der Waals surface area (Å²) in [4.78, 5) is 0. The lowest BCUT2D eigenvalue weighted by atomic mass is 10.0. The van der Waals surface area contributed by atoms with Crippen LogP contribution in [0.1, 0.15) is 251 Å². The lowest BCUT2D eigenvalue weighted by Crippen LogP contribution is -2.37. The van der Waals surface area contributed by atoms with Crippen molar-refractivity contribution in [3.63, 3.8) is 0 Å². The molecule has 0 amide bonds. The van der Waals surface area contributed by atoms with E-state index in [2.05, 4.69) is 42.3 Å². The van der Waals surface area contributed by atoms with Crippen LogP contribution in [-0.2, 0) is 19.5 Å². The first-order chi connectivity index (χ1) is 22.8. The van der Waals surface area contributed by atoms with Crippen LogP contribution in [0.25, 0.3) is 0 Å². The number of imidazole rings is 1. The monoisotopic (exact) mass is 644 g/mol. The van der Waals surface area contributed by atoms with Gasteiger partial charge in [-0.1, -0.05) is 213 Å². The molecule has 0 saturated heterocycles. The molecule has 2 nitrogen and oxygen atoms in total. The first-order valence-electron chi connectivity index (χ1n) is 21.9. The summed E-state index contributed by atoms with van der Waals surface area (Å²) < 4.78 is 5.28. The van der Waals surface area contributed by atoms with Gasteiger partial charge in [0.1, 0.15) is 12.4 Å². The highest BCUT2D eigenvalue weighted by Gasteiger charge is 2.16. The summed E-state index contributed by atoms with van der Waals surface area (Å²) in [5.74, 6) is 1.62. The van der Waals surface area contributed by atoms with Gasteiger partial charge in [-0.05, 0) is 32.1 Å². The van der Waals surface area contributed by atoms with E-state index in [1.807, 2.05) is 0 Å². The third-order valence-electron chi connectivity index (χ3n) is 10.6. The van der Waals surface area contributed by atoms with Crippen molar-refractivity contribution in [2.45, 2.75) is 265 Å². The van der Waals surface area contributed by atoms with Gasteiger partial charge in [0.15, 0.2) is 0 Å². The van der Waals surface area contributed by atoms with Crippen LogP contribution >= 0.6 is 0 Å². The minimum Gasteiger partial charge on any atom is -0.234 e. The van der Waals surface area contributed by atoms with Gasteiger partial charge in [-0.3, -0.25) is 0 Å². The molecule has 0 atom stereocenters. The van der Waals surface area contributed by atoms with Gasteiger partial charge in [0.2, 0.25) is 0 Å². The molecule has 0 aliphatic carbocycles. The van der Waals surface area contributed by atoms with Crippen LogP contribution in [0.15, 0.2) is 12.4 Å². The maximum atomic E-state index is 2.64. The molecule has 0 aliphatic rings. The first-order valence-corrected chi connectivity index (χ1v) is 21.9. The molecule has 46 heavy (non-hydrogen) atoms. The molecule has 1 heterocycles. The summed E-state index contributed by atoms with van der Waals surface area (Å²) in [6.45, 7) is 9.41. The Morgan fingerprint density at radius 1 is 0.370 bits per heavy atom. The maximum Gasteiger partial charge on any atom is 0.256 e. The molecule has 0 fully saturated rings. The number of nitrogens with zero attached hydrogens (tertiary/aromatic N) is 2. The van der Waals surface area contributed by atoms with E-state index in [-0.39, 0.29) is 0 Å². The second-order valence-corrected chi connectivity index (χ2v) is 15.2. The molecule has 1 aromatic rings. The summed E-state index contributed by atoms with van der Waals surface area (Å²) in [6.07, 6.45) is 56.3. The second kappa shape index (κ2) is 35.5. The van der Waals surface area contributed by atoms with Gasteiger partial charge in [0.25, 0.3) is 5.82 Å². The number of aromatic nitrogens is 2. The molecule has 1 rings (SSSR count). The Hall–Kier alpha value is -0.790. The van der Waals surface area contributed by atoms with E-state index < -0.39 is 0 Å². The molecule has 272 valence electrons. The number of hydrogen-bond donors (Lipinski definition) is 0. The minimum atomic E-state index is 1.23. The van der Waals surface area contributed by atoms with Crippen molar-refractivity contribution in [3.05, 3.63) is 18.2 Å². The van der Waals surface area contributed by atoms with E-state index in [0.29, 0.717) is 0 Å². The molecule has 0 N–H and O–H groups in total. The van der Waals surface area contributed by atoms with Crippen LogP contribution in [0.5, 0.6) is 0 Å². The number of unbranched alkanes of at least 4 members (excludes halogenated alkanes) is 32. The Morgan fingerprint density at radius 2 is 0.674 bits per heavy atom. The van der Waals surface area contributed by atoms with Crippen LogP contribution in [0.2, 0.25) is 0 Å². The molecule has 0 unspecified atom stereocenters. The highest BCUT2D eigenvalue weighted by Crippen LogP contribution is 2.16. The Bertz CT molecular complexity index is 707. The second-order valence-electron chi connectivity index (χ2n) is 15.2. The van der Waals surface area contributed by atoms with Gasteiger partial charge in [0, 0.05) is 6.42 Å². The maximum absolute atomic E-state index is 2.64. The van der Waals surface area contributed by atoms with Gasteiger partial charge < -0.3 is 0 Å². The average molecular weight is 644 g/mol. The van der Waals surface area contributed by atoms with E-state index in [1.54, 1.807) is 5.82 Å². The average Bonchev–Trinajstić information content (AvgIpc) is 3.45. The Balaban J connectivity index is 2.23. The number of aryl methyl sites for hydroxylation is 2. The molecular formula is C44H87N2+. The molecule has 2 heteroatoms. The van der Waals surface area contributed by atoms with Crippen molar-refractivity contribution in [3.8, 4) is 0 Å². The van der Waals surface area contributed by atoms with E-state index in [4.69, 9.17) is 0 Å². The molecule has 0 radical (unpaired) electrons. The molecule has 0 saturated carbocycles. The summed E-state index contributed by atoms with van der Waals surface area (Å²) in [6, 6.07) is 0. The zero-order chi connectivity index (χ0) is 33.0. The fourth-order valence-electron chi connectivity index (χ4n) is 7.39. The van der Waals surface area contributed by atoms with E-state index in [9.17, 15) is 0 Å². The Kier molecular flexibility index (Phi) is 33.4. The van der Waals surface area contributed by atoms with Crippen LogP contribution in [0.4, 0.5) is 0 Å². The minimum absolute atomic E-state index is 1.23. The number of rotatable bonds is 38. The van der Waals surface area contributed by atoms with Crippen LogP contribution in [0.3, 0.4) is 0 Å². The molecule has 0 spiro atoms. The molecule has 0 aromatic carbocycles. The molecule has 0 bridgehead atoms. The molecule has 0 aliphatic heterocycles. The summed E-state index contributed by atoms with van der Waals surface area (Å²) >= 11 is 0.